The first-order valence-electron chi connectivity index (χ1n) is 8.80. The second kappa shape index (κ2) is 9.40. The van der Waals surface area contributed by atoms with Crippen LogP contribution in [0.1, 0.15) is 22.3 Å². The molecule has 0 aliphatic heterocycles. The van der Waals surface area contributed by atoms with E-state index in [0.29, 0.717) is 29.7 Å². The Balaban J connectivity index is 1.66. The van der Waals surface area contributed by atoms with Crippen molar-refractivity contribution in [2.24, 2.45) is 0 Å². The van der Waals surface area contributed by atoms with Gasteiger partial charge in [-0.05, 0) is 47.4 Å². The van der Waals surface area contributed by atoms with E-state index in [4.69, 9.17) is 21.1 Å². The van der Waals surface area contributed by atoms with Crippen LogP contribution in [0.25, 0.3) is 0 Å². The molecule has 0 unspecified atom stereocenters. The van der Waals surface area contributed by atoms with Gasteiger partial charge in [0.15, 0.2) is 11.5 Å². The molecule has 0 aliphatic rings. The van der Waals surface area contributed by atoms with Crippen molar-refractivity contribution in [3.05, 3.63) is 88.2 Å². The van der Waals surface area contributed by atoms with Crippen LogP contribution in [0.5, 0.6) is 11.5 Å². The number of nitrogens with zero attached hydrogens (tertiary/aromatic N) is 1. The molecule has 0 aliphatic carbocycles. The fourth-order valence-electron chi connectivity index (χ4n) is 2.79. The summed E-state index contributed by atoms with van der Waals surface area (Å²) in [5, 5.41) is 3.93. The minimum absolute atomic E-state index is 0.446. The largest absolute Gasteiger partial charge is 0.493 e. The van der Waals surface area contributed by atoms with Crippen LogP contribution in [0.3, 0.4) is 0 Å². The van der Waals surface area contributed by atoms with Gasteiger partial charge in [0.2, 0.25) is 0 Å². The molecule has 0 atom stereocenters. The molecule has 4 nitrogen and oxygen atoms in total. The van der Waals surface area contributed by atoms with Gasteiger partial charge in [0.05, 0.1) is 12.1 Å². The van der Waals surface area contributed by atoms with Crippen molar-refractivity contribution in [2.75, 3.05) is 7.11 Å². The molecule has 0 spiro atoms. The summed E-state index contributed by atoms with van der Waals surface area (Å²) in [6.07, 6.45) is 3.62. The maximum atomic E-state index is 6.47. The van der Waals surface area contributed by atoms with Crippen molar-refractivity contribution < 1.29 is 9.47 Å². The zero-order valence-electron chi connectivity index (χ0n) is 15.5. The molecule has 0 saturated heterocycles. The molecule has 1 heterocycles. The van der Waals surface area contributed by atoms with Gasteiger partial charge in [0.1, 0.15) is 6.61 Å². The molecule has 0 saturated carbocycles. The molecule has 1 aromatic heterocycles. The number of nitrogens with one attached hydrogen (secondary N) is 1. The number of aromatic nitrogens is 1. The Morgan fingerprint density at radius 2 is 1.85 bits per heavy atom. The topological polar surface area (TPSA) is 43.4 Å². The van der Waals surface area contributed by atoms with Gasteiger partial charge in [-0.1, -0.05) is 41.9 Å². The molecule has 140 valence electrons. The highest BCUT2D eigenvalue weighted by molar-refractivity contribution is 6.32. The van der Waals surface area contributed by atoms with E-state index >= 15 is 0 Å². The third kappa shape index (κ3) is 5.22. The Bertz CT molecular complexity index is 885. The SMILES string of the molecule is COc1cc(CNCc2cccnc2)cc(Cl)c1OCc1ccccc1C. The van der Waals surface area contributed by atoms with E-state index in [1.165, 1.54) is 5.56 Å². The number of pyridine rings is 1. The Kier molecular flexibility index (Phi) is 6.69. The van der Waals surface area contributed by atoms with E-state index in [1.807, 2.05) is 48.7 Å². The second-order valence-corrected chi connectivity index (χ2v) is 6.70. The highest BCUT2D eigenvalue weighted by Crippen LogP contribution is 2.37. The number of ether oxygens (including phenoxy) is 2. The number of benzene rings is 2. The molecule has 5 heteroatoms. The third-order valence-electron chi connectivity index (χ3n) is 4.30. The van der Waals surface area contributed by atoms with Gasteiger partial charge < -0.3 is 14.8 Å². The molecule has 0 amide bonds. The monoisotopic (exact) mass is 382 g/mol. The molecule has 0 bridgehead atoms. The lowest BCUT2D eigenvalue weighted by molar-refractivity contribution is 0.284. The van der Waals surface area contributed by atoms with Crippen molar-refractivity contribution >= 4 is 11.6 Å². The molecule has 0 radical (unpaired) electrons. The first-order chi connectivity index (χ1) is 13.2. The third-order valence-corrected chi connectivity index (χ3v) is 4.58. The van der Waals surface area contributed by atoms with Crippen molar-refractivity contribution in [1.82, 2.24) is 10.3 Å². The lowest BCUT2D eigenvalue weighted by Crippen LogP contribution is -2.13. The van der Waals surface area contributed by atoms with E-state index in [1.54, 1.807) is 13.3 Å². The van der Waals surface area contributed by atoms with Crippen LogP contribution in [0.4, 0.5) is 0 Å². The maximum Gasteiger partial charge on any atom is 0.180 e. The average molecular weight is 383 g/mol. The summed E-state index contributed by atoms with van der Waals surface area (Å²) in [4.78, 5) is 4.12. The normalized spacial score (nSPS) is 10.6. The quantitative estimate of drug-likeness (QED) is 0.600. The number of hydrogen-bond acceptors (Lipinski definition) is 4. The number of aryl methyl sites for hydroxylation is 1. The van der Waals surface area contributed by atoms with Gasteiger partial charge in [0.25, 0.3) is 0 Å². The molecule has 27 heavy (non-hydrogen) atoms. The van der Waals surface area contributed by atoms with Crippen molar-refractivity contribution in [1.29, 1.82) is 0 Å². The minimum Gasteiger partial charge on any atom is -0.493 e. The lowest BCUT2D eigenvalue weighted by atomic mass is 10.1. The van der Waals surface area contributed by atoms with Gasteiger partial charge in [-0.25, -0.2) is 0 Å². The minimum atomic E-state index is 0.446. The van der Waals surface area contributed by atoms with Gasteiger partial charge in [-0.15, -0.1) is 0 Å². The number of hydrogen-bond donors (Lipinski definition) is 1. The second-order valence-electron chi connectivity index (χ2n) is 6.29. The smallest absolute Gasteiger partial charge is 0.180 e. The first-order valence-corrected chi connectivity index (χ1v) is 9.18. The highest BCUT2D eigenvalue weighted by atomic mass is 35.5. The van der Waals surface area contributed by atoms with Crippen LogP contribution >= 0.6 is 11.6 Å². The Morgan fingerprint density at radius 1 is 1.04 bits per heavy atom. The van der Waals surface area contributed by atoms with E-state index < -0.39 is 0 Å². The van der Waals surface area contributed by atoms with E-state index in [-0.39, 0.29) is 0 Å². The molecule has 1 N–H and O–H groups in total. The lowest BCUT2D eigenvalue weighted by Gasteiger charge is -2.15. The summed E-state index contributed by atoms with van der Waals surface area (Å²) in [5.41, 5.74) is 4.47. The van der Waals surface area contributed by atoms with Gasteiger partial charge in [-0.3, -0.25) is 4.98 Å². The molecular weight excluding hydrogens is 360 g/mol. The van der Waals surface area contributed by atoms with E-state index in [9.17, 15) is 0 Å². The zero-order chi connectivity index (χ0) is 19.1. The van der Waals surface area contributed by atoms with Crippen LogP contribution in [0.15, 0.2) is 60.9 Å². The molecule has 0 fully saturated rings. The summed E-state index contributed by atoms with van der Waals surface area (Å²) in [5.74, 6) is 1.20. The Morgan fingerprint density at radius 3 is 2.59 bits per heavy atom. The standard InChI is InChI=1S/C22H23ClN2O2/c1-16-6-3-4-8-19(16)15-27-22-20(23)10-18(11-21(22)26-2)14-25-13-17-7-5-9-24-12-17/h3-12,25H,13-15H2,1-2H3. The number of methoxy groups -OCH3 is 1. The van der Waals surface area contributed by atoms with Crippen molar-refractivity contribution in [3.63, 3.8) is 0 Å². The fourth-order valence-corrected chi connectivity index (χ4v) is 3.08. The zero-order valence-corrected chi connectivity index (χ0v) is 16.3. The van der Waals surface area contributed by atoms with E-state index in [2.05, 4.69) is 23.3 Å². The van der Waals surface area contributed by atoms with Crippen LogP contribution in [0.2, 0.25) is 5.02 Å². The molecule has 2 aromatic carbocycles. The predicted molar refractivity (Wildman–Crippen MR) is 108 cm³/mol. The average Bonchev–Trinajstić information content (AvgIpc) is 2.69. The van der Waals surface area contributed by atoms with Crippen LogP contribution in [-0.2, 0) is 19.7 Å². The predicted octanol–water partition coefficient (Wildman–Crippen LogP) is 4.92. The summed E-state index contributed by atoms with van der Waals surface area (Å²) in [7, 11) is 1.62. The van der Waals surface area contributed by atoms with Crippen molar-refractivity contribution in [3.8, 4) is 11.5 Å². The van der Waals surface area contributed by atoms with Crippen molar-refractivity contribution in [2.45, 2.75) is 26.6 Å². The number of rotatable bonds is 8. The van der Waals surface area contributed by atoms with Gasteiger partial charge in [0, 0.05) is 25.5 Å². The summed E-state index contributed by atoms with van der Waals surface area (Å²) < 4.78 is 11.5. The Labute approximate surface area is 165 Å². The molecular formula is C22H23ClN2O2. The fraction of sp³-hybridized carbons (Fsp3) is 0.227. The van der Waals surface area contributed by atoms with Crippen LogP contribution in [-0.4, -0.2) is 12.1 Å². The van der Waals surface area contributed by atoms with Crippen LogP contribution < -0.4 is 14.8 Å². The summed E-state index contributed by atoms with van der Waals surface area (Å²) >= 11 is 6.47. The van der Waals surface area contributed by atoms with E-state index in [0.717, 1.165) is 23.2 Å². The van der Waals surface area contributed by atoms with Gasteiger partial charge >= 0.3 is 0 Å². The Hall–Kier alpha value is -2.56. The molecule has 3 rings (SSSR count). The summed E-state index contributed by atoms with van der Waals surface area (Å²) in [6.45, 7) is 3.91. The summed E-state index contributed by atoms with van der Waals surface area (Å²) in [6, 6.07) is 16.0. The first kappa shape index (κ1) is 19.2. The molecule has 3 aromatic rings. The van der Waals surface area contributed by atoms with Crippen LogP contribution in [0, 0.1) is 6.92 Å². The number of halogens is 1. The highest BCUT2D eigenvalue weighted by Gasteiger charge is 2.13. The van der Waals surface area contributed by atoms with Gasteiger partial charge in [-0.2, -0.15) is 0 Å². The maximum absolute atomic E-state index is 6.47.